The summed E-state index contributed by atoms with van der Waals surface area (Å²) in [5.41, 5.74) is 7.33. The predicted octanol–water partition coefficient (Wildman–Crippen LogP) is 10.8. The van der Waals surface area contributed by atoms with Crippen molar-refractivity contribution in [1.29, 1.82) is 5.26 Å². The fourth-order valence-corrected chi connectivity index (χ4v) is 6.19. The molecule has 0 bridgehead atoms. The number of nitriles is 1. The van der Waals surface area contributed by atoms with E-state index in [-0.39, 0.29) is 20.1 Å². The van der Waals surface area contributed by atoms with Gasteiger partial charge in [-0.15, -0.1) is 70.8 Å². The molecule has 4 heteroatoms. The summed E-state index contributed by atoms with van der Waals surface area (Å²) < 4.78 is 0. The Labute approximate surface area is 291 Å². The van der Waals surface area contributed by atoms with Crippen molar-refractivity contribution in [1.82, 2.24) is 9.97 Å². The van der Waals surface area contributed by atoms with E-state index in [4.69, 9.17) is 4.98 Å². The summed E-state index contributed by atoms with van der Waals surface area (Å²) >= 11 is 0. The zero-order valence-electron chi connectivity index (χ0n) is 27.2. The van der Waals surface area contributed by atoms with Crippen molar-refractivity contribution >= 4 is 32.3 Å². The molecular weight excluding hydrogens is 751 g/mol. The normalized spacial score (nSPS) is 10.9. The molecule has 0 aliphatic carbocycles. The molecule has 0 saturated heterocycles. The van der Waals surface area contributed by atoms with E-state index in [9.17, 15) is 5.26 Å². The third-order valence-electron chi connectivity index (χ3n) is 8.07. The fourth-order valence-electron chi connectivity index (χ4n) is 6.19. The van der Waals surface area contributed by atoms with E-state index >= 15 is 0 Å². The van der Waals surface area contributed by atoms with E-state index in [0.29, 0.717) is 17.4 Å². The number of benzene rings is 5. The Hall–Kier alpha value is -4.68. The first-order chi connectivity index (χ1) is 22.4. The van der Waals surface area contributed by atoms with Gasteiger partial charge >= 0.3 is 0 Å². The van der Waals surface area contributed by atoms with E-state index in [1.165, 1.54) is 11.1 Å². The van der Waals surface area contributed by atoms with Crippen LogP contribution in [0.15, 0.2) is 116 Å². The monoisotopic (exact) mass is 788 g/mol. The average molecular weight is 788 g/mol. The maximum Gasteiger partial charge on any atom is 0.0998 e. The minimum absolute atomic E-state index is 0. The fraction of sp³-hybridized carbons (Fsp3) is 0.186. The van der Waals surface area contributed by atoms with Gasteiger partial charge in [-0.3, -0.25) is 0 Å². The molecule has 235 valence electrons. The summed E-state index contributed by atoms with van der Waals surface area (Å²) in [6.07, 6.45) is 5.72. The van der Waals surface area contributed by atoms with Gasteiger partial charge < -0.3 is 9.97 Å². The molecular formula is C43H37IrN3-2. The van der Waals surface area contributed by atoms with Crippen LogP contribution in [-0.2, 0) is 32.9 Å². The Kier molecular flexibility index (Phi) is 10.9. The summed E-state index contributed by atoms with van der Waals surface area (Å²) in [4.78, 5) is 9.05. The van der Waals surface area contributed by atoms with Crippen LogP contribution in [0.25, 0.3) is 54.8 Å². The Morgan fingerprint density at radius 1 is 0.638 bits per heavy atom. The largest absolute Gasteiger partial charge is 0.305 e. The molecule has 0 unspecified atom stereocenters. The van der Waals surface area contributed by atoms with Crippen molar-refractivity contribution in [3.63, 3.8) is 0 Å². The van der Waals surface area contributed by atoms with E-state index in [2.05, 4.69) is 87.3 Å². The minimum atomic E-state index is 0. The standard InChI is InChI=1S/C32H29N2.C11H8N.Ir/c1-20(2)13-22-15-23(14-21(3)4)17-24(16-22)32-30-10-9-28-27-8-6-5-7-26(27)25(19-33)18-31(28)29(30)11-12-34-32;1-2-6-10(7-3-1)11-8-4-5-9-12-11;/h5-12,15-16,18,20-21H,13-14H2,1-4H3;1-6,8-9H;/q2*-1;. The SMILES string of the molecule is CC(C)Cc1[c-]c(-c2nccc3c2ccc2c4ccccc4c(C#N)cc32)cc(CC(C)C)c1.[Ir].[c-]1ccccc1-c1ccccn1. The maximum absolute atomic E-state index is 9.84. The molecule has 5 aromatic carbocycles. The summed E-state index contributed by atoms with van der Waals surface area (Å²) in [5.74, 6) is 1.16. The molecule has 0 spiro atoms. The topological polar surface area (TPSA) is 49.6 Å². The Balaban J connectivity index is 0.000000280. The van der Waals surface area contributed by atoms with Gasteiger partial charge in [0.15, 0.2) is 0 Å². The second kappa shape index (κ2) is 15.3. The Morgan fingerprint density at radius 3 is 2.04 bits per heavy atom. The predicted molar refractivity (Wildman–Crippen MR) is 191 cm³/mol. The molecule has 47 heavy (non-hydrogen) atoms. The van der Waals surface area contributed by atoms with Crippen molar-refractivity contribution in [2.45, 2.75) is 40.5 Å². The van der Waals surface area contributed by atoms with Crippen LogP contribution in [0.4, 0.5) is 0 Å². The van der Waals surface area contributed by atoms with Crippen LogP contribution >= 0.6 is 0 Å². The van der Waals surface area contributed by atoms with Crippen LogP contribution in [0.2, 0.25) is 0 Å². The van der Waals surface area contributed by atoms with Crippen LogP contribution in [0, 0.1) is 35.3 Å². The number of aromatic nitrogens is 2. The second-order valence-corrected chi connectivity index (χ2v) is 12.6. The van der Waals surface area contributed by atoms with E-state index in [1.54, 1.807) is 6.20 Å². The van der Waals surface area contributed by atoms with Gasteiger partial charge in [0.25, 0.3) is 0 Å². The zero-order valence-corrected chi connectivity index (χ0v) is 29.6. The van der Waals surface area contributed by atoms with Gasteiger partial charge in [0.2, 0.25) is 0 Å². The van der Waals surface area contributed by atoms with Gasteiger partial charge in [0, 0.05) is 37.9 Å². The van der Waals surface area contributed by atoms with Gasteiger partial charge in [-0.05, 0) is 81.2 Å². The van der Waals surface area contributed by atoms with Crippen molar-refractivity contribution < 1.29 is 20.1 Å². The molecule has 0 N–H and O–H groups in total. The molecule has 2 heterocycles. The summed E-state index contributed by atoms with van der Waals surface area (Å²) in [6, 6.07) is 44.1. The first kappa shape index (κ1) is 33.7. The van der Waals surface area contributed by atoms with Crippen LogP contribution in [0.3, 0.4) is 0 Å². The number of nitrogens with zero attached hydrogens (tertiary/aromatic N) is 3. The molecule has 0 fully saturated rings. The van der Waals surface area contributed by atoms with Crippen molar-refractivity contribution in [3.8, 4) is 28.6 Å². The molecule has 0 aliphatic heterocycles. The zero-order chi connectivity index (χ0) is 32.0. The van der Waals surface area contributed by atoms with Gasteiger partial charge in [-0.1, -0.05) is 76.2 Å². The molecule has 7 aromatic rings. The summed E-state index contributed by atoms with van der Waals surface area (Å²) in [6.45, 7) is 9.03. The molecule has 1 radical (unpaired) electrons. The van der Waals surface area contributed by atoms with Crippen LogP contribution in [-0.4, -0.2) is 9.97 Å². The molecule has 0 amide bonds. The Morgan fingerprint density at radius 2 is 1.34 bits per heavy atom. The smallest absolute Gasteiger partial charge is 0.0998 e. The van der Waals surface area contributed by atoms with E-state index < -0.39 is 0 Å². The van der Waals surface area contributed by atoms with Gasteiger partial charge in [-0.2, -0.15) is 5.26 Å². The third-order valence-corrected chi connectivity index (χ3v) is 8.07. The number of fused-ring (bicyclic) bond motifs is 5. The van der Waals surface area contributed by atoms with Crippen LogP contribution in [0.1, 0.15) is 44.4 Å². The molecule has 0 aliphatic rings. The average Bonchev–Trinajstić information content (AvgIpc) is 3.08. The van der Waals surface area contributed by atoms with Crippen molar-refractivity contribution in [2.24, 2.45) is 11.8 Å². The second-order valence-electron chi connectivity index (χ2n) is 12.6. The molecule has 2 aromatic heterocycles. The number of rotatable bonds is 6. The molecule has 3 nitrogen and oxygen atoms in total. The van der Waals surface area contributed by atoms with E-state index in [0.717, 1.165) is 67.7 Å². The summed E-state index contributed by atoms with van der Waals surface area (Å²) in [7, 11) is 0. The summed E-state index contributed by atoms with van der Waals surface area (Å²) in [5, 5.41) is 16.4. The third kappa shape index (κ3) is 7.66. The van der Waals surface area contributed by atoms with Crippen LogP contribution in [0.5, 0.6) is 0 Å². The molecule has 0 saturated carbocycles. The van der Waals surface area contributed by atoms with E-state index in [1.807, 2.05) is 72.9 Å². The van der Waals surface area contributed by atoms with Crippen molar-refractivity contribution in [2.75, 3.05) is 0 Å². The van der Waals surface area contributed by atoms with Gasteiger partial charge in [-0.25, -0.2) is 0 Å². The van der Waals surface area contributed by atoms with Gasteiger partial charge in [0.05, 0.1) is 11.6 Å². The first-order valence-electron chi connectivity index (χ1n) is 16.0. The van der Waals surface area contributed by atoms with Gasteiger partial charge in [0.1, 0.15) is 0 Å². The quantitative estimate of drug-likeness (QED) is 0.125. The number of hydrogen-bond donors (Lipinski definition) is 0. The molecule has 0 atom stereocenters. The minimum Gasteiger partial charge on any atom is -0.305 e. The number of pyridine rings is 2. The van der Waals surface area contributed by atoms with Crippen LogP contribution < -0.4 is 0 Å². The maximum atomic E-state index is 9.84. The molecule has 7 rings (SSSR count). The number of hydrogen-bond acceptors (Lipinski definition) is 3. The Bertz CT molecular complexity index is 2100. The first-order valence-corrected chi connectivity index (χ1v) is 16.0. The van der Waals surface area contributed by atoms with Crippen molar-refractivity contribution in [3.05, 3.63) is 144 Å².